The van der Waals surface area contributed by atoms with Gasteiger partial charge in [0.05, 0.1) is 17.9 Å². The van der Waals surface area contributed by atoms with Crippen LogP contribution in [0.15, 0.2) is 146 Å². The lowest BCUT2D eigenvalue weighted by Crippen LogP contribution is -2.41. The van der Waals surface area contributed by atoms with Crippen LogP contribution in [0.25, 0.3) is 22.3 Å². The van der Waals surface area contributed by atoms with E-state index in [0.29, 0.717) is 69.8 Å². The van der Waals surface area contributed by atoms with Crippen molar-refractivity contribution in [3.8, 4) is 22.3 Å². The SMILES string of the molecule is O=C(CCN1CCC(OC(=O)N(c2ccccc2-c2ccccc2)c2ccccc2-c2ccccc2)CC1)Nc1cccc(C(=O)NCCNCc2ncc[nH]2)c1. The van der Waals surface area contributed by atoms with Gasteiger partial charge in [0.2, 0.25) is 5.91 Å². The van der Waals surface area contributed by atoms with E-state index >= 15 is 0 Å². The van der Waals surface area contributed by atoms with Crippen molar-refractivity contribution in [1.82, 2.24) is 25.5 Å². The first-order valence-electron chi connectivity index (χ1n) is 19.4. The molecule has 5 aromatic carbocycles. The first-order valence-corrected chi connectivity index (χ1v) is 19.4. The molecule has 0 bridgehead atoms. The molecule has 0 atom stereocenters. The number of likely N-dealkylation sites (tertiary alicyclic amines) is 1. The van der Waals surface area contributed by atoms with Gasteiger partial charge in [-0.2, -0.15) is 0 Å². The highest BCUT2D eigenvalue weighted by Crippen LogP contribution is 2.40. The molecule has 4 N–H and O–H groups in total. The lowest BCUT2D eigenvalue weighted by atomic mass is 10.00. The van der Waals surface area contributed by atoms with E-state index in [1.807, 2.05) is 109 Å². The van der Waals surface area contributed by atoms with E-state index in [9.17, 15) is 14.4 Å². The Balaban J connectivity index is 0.936. The van der Waals surface area contributed by atoms with Crippen molar-refractivity contribution in [2.45, 2.75) is 31.9 Å². The molecule has 11 nitrogen and oxygen atoms in total. The van der Waals surface area contributed by atoms with Gasteiger partial charge in [-0.05, 0) is 54.3 Å². The summed E-state index contributed by atoms with van der Waals surface area (Å²) in [5.74, 6) is 0.493. The van der Waals surface area contributed by atoms with Gasteiger partial charge in [-0.15, -0.1) is 0 Å². The van der Waals surface area contributed by atoms with Crippen LogP contribution in [0.3, 0.4) is 0 Å². The molecule has 11 heteroatoms. The summed E-state index contributed by atoms with van der Waals surface area (Å²) in [6, 6.07) is 42.9. The Morgan fingerprint density at radius 2 is 1.39 bits per heavy atom. The number of amides is 3. The van der Waals surface area contributed by atoms with E-state index in [1.54, 1.807) is 41.6 Å². The first kappa shape index (κ1) is 38.7. The number of H-pyrrole nitrogens is 1. The molecule has 0 aliphatic carbocycles. The molecule has 3 amide bonds. The summed E-state index contributed by atoms with van der Waals surface area (Å²) < 4.78 is 6.32. The Morgan fingerprint density at radius 3 is 2.02 bits per heavy atom. The van der Waals surface area contributed by atoms with Gasteiger partial charge in [0, 0.05) is 73.9 Å². The van der Waals surface area contributed by atoms with Crippen molar-refractivity contribution in [2.24, 2.45) is 0 Å². The predicted octanol–water partition coefficient (Wildman–Crippen LogP) is 8.03. The zero-order valence-corrected chi connectivity index (χ0v) is 31.8. The highest BCUT2D eigenvalue weighted by Gasteiger charge is 2.29. The number of hydrogen-bond donors (Lipinski definition) is 4. The van der Waals surface area contributed by atoms with Crippen molar-refractivity contribution in [3.05, 3.63) is 157 Å². The molecule has 1 aliphatic rings. The quantitative estimate of drug-likeness (QED) is 0.0780. The topological polar surface area (TPSA) is 132 Å². The molecule has 290 valence electrons. The third kappa shape index (κ3) is 10.4. The standard InChI is InChI=1S/C46H47N7O4/c54-44(51-37-17-11-16-36(32-37)45(55)50-26-25-47-33-43-48-27-28-49-43)24-31-52-29-22-38(23-30-52)57-46(56)53(41-20-9-7-18-39(41)34-12-3-1-4-13-34)42-21-10-8-19-40(42)35-14-5-2-6-15-35/h1-21,27-28,32,38,47H,22-26,29-31,33H2,(H,48,49)(H,50,55)(H,51,54). The number of carbonyl (C=O) groups is 3. The minimum atomic E-state index is -0.433. The molecule has 2 heterocycles. The van der Waals surface area contributed by atoms with Crippen molar-refractivity contribution < 1.29 is 19.1 Å². The second-order valence-electron chi connectivity index (χ2n) is 13.9. The van der Waals surface area contributed by atoms with Gasteiger partial charge in [0.25, 0.3) is 5.91 Å². The summed E-state index contributed by atoms with van der Waals surface area (Å²) in [5.41, 5.74) is 6.36. The van der Waals surface area contributed by atoms with E-state index < -0.39 is 6.09 Å². The van der Waals surface area contributed by atoms with E-state index in [2.05, 4.69) is 30.8 Å². The average Bonchev–Trinajstić information content (AvgIpc) is 3.78. The van der Waals surface area contributed by atoms with Gasteiger partial charge >= 0.3 is 6.09 Å². The van der Waals surface area contributed by atoms with Crippen LogP contribution in [0.2, 0.25) is 0 Å². The Bertz CT molecular complexity index is 2140. The number of rotatable bonds is 15. The molecule has 1 fully saturated rings. The number of ether oxygens (including phenoxy) is 1. The van der Waals surface area contributed by atoms with Crippen molar-refractivity contribution in [1.29, 1.82) is 0 Å². The van der Waals surface area contributed by atoms with E-state index in [4.69, 9.17) is 4.74 Å². The normalized spacial score (nSPS) is 13.1. The molecule has 0 unspecified atom stereocenters. The minimum Gasteiger partial charge on any atom is -0.445 e. The lowest BCUT2D eigenvalue weighted by Gasteiger charge is -2.33. The molecule has 7 rings (SSSR count). The molecule has 0 saturated carbocycles. The van der Waals surface area contributed by atoms with E-state index in [-0.39, 0.29) is 17.9 Å². The second-order valence-corrected chi connectivity index (χ2v) is 13.9. The van der Waals surface area contributed by atoms with Gasteiger partial charge in [-0.1, -0.05) is 103 Å². The maximum atomic E-state index is 14.4. The zero-order chi connectivity index (χ0) is 39.2. The van der Waals surface area contributed by atoms with Crippen LogP contribution in [0.5, 0.6) is 0 Å². The number of nitrogens with one attached hydrogen (secondary N) is 4. The van der Waals surface area contributed by atoms with Crippen LogP contribution in [0.4, 0.5) is 21.9 Å². The van der Waals surface area contributed by atoms with Crippen LogP contribution < -0.4 is 20.9 Å². The number of piperidine rings is 1. The molecule has 0 radical (unpaired) electrons. The fraction of sp³-hybridized carbons (Fsp3) is 0.217. The number of anilines is 3. The number of carbonyl (C=O) groups excluding carboxylic acids is 3. The molecule has 6 aromatic rings. The van der Waals surface area contributed by atoms with Gasteiger partial charge in [0.15, 0.2) is 0 Å². The van der Waals surface area contributed by atoms with Crippen LogP contribution in [0.1, 0.15) is 35.4 Å². The Hall–Kier alpha value is -6.56. The molecular formula is C46H47N7O4. The molecule has 1 saturated heterocycles. The summed E-state index contributed by atoms with van der Waals surface area (Å²) in [6.07, 6.45) is 4.35. The number of para-hydroxylation sites is 2. The smallest absolute Gasteiger partial charge is 0.419 e. The monoisotopic (exact) mass is 761 g/mol. The van der Waals surface area contributed by atoms with Gasteiger partial charge in [0.1, 0.15) is 11.9 Å². The van der Waals surface area contributed by atoms with Gasteiger partial charge < -0.3 is 30.6 Å². The molecule has 57 heavy (non-hydrogen) atoms. The van der Waals surface area contributed by atoms with E-state index in [1.165, 1.54) is 0 Å². The van der Waals surface area contributed by atoms with Crippen LogP contribution in [-0.4, -0.2) is 71.6 Å². The van der Waals surface area contributed by atoms with E-state index in [0.717, 1.165) is 39.5 Å². The third-order valence-corrected chi connectivity index (χ3v) is 9.94. The number of aromatic nitrogens is 2. The summed E-state index contributed by atoms with van der Waals surface area (Å²) in [4.78, 5) is 51.2. The van der Waals surface area contributed by atoms with Crippen LogP contribution >= 0.6 is 0 Å². The fourth-order valence-corrected chi connectivity index (χ4v) is 7.02. The highest BCUT2D eigenvalue weighted by atomic mass is 16.6. The largest absolute Gasteiger partial charge is 0.445 e. The average molecular weight is 762 g/mol. The van der Waals surface area contributed by atoms with Crippen molar-refractivity contribution in [2.75, 3.05) is 42.9 Å². The molecule has 1 aliphatic heterocycles. The number of nitrogens with zero attached hydrogens (tertiary/aromatic N) is 3. The third-order valence-electron chi connectivity index (χ3n) is 9.94. The minimum absolute atomic E-state index is 0.131. The first-order chi connectivity index (χ1) is 28.0. The fourth-order valence-electron chi connectivity index (χ4n) is 7.02. The summed E-state index contributed by atoms with van der Waals surface area (Å²) in [6.45, 7) is 3.59. The summed E-state index contributed by atoms with van der Waals surface area (Å²) >= 11 is 0. The lowest BCUT2D eigenvalue weighted by molar-refractivity contribution is -0.116. The Labute approximate surface area is 333 Å². The maximum Gasteiger partial charge on any atom is 0.419 e. The predicted molar refractivity (Wildman–Crippen MR) is 224 cm³/mol. The number of hydrogen-bond acceptors (Lipinski definition) is 7. The molecular weight excluding hydrogens is 715 g/mol. The molecule has 1 aromatic heterocycles. The van der Waals surface area contributed by atoms with Crippen molar-refractivity contribution >= 4 is 35.0 Å². The molecule has 0 spiro atoms. The number of aromatic amines is 1. The Morgan fingerprint density at radius 1 is 0.754 bits per heavy atom. The summed E-state index contributed by atoms with van der Waals surface area (Å²) in [5, 5.41) is 9.06. The van der Waals surface area contributed by atoms with Crippen molar-refractivity contribution in [3.63, 3.8) is 0 Å². The van der Waals surface area contributed by atoms with Crippen LogP contribution in [-0.2, 0) is 16.1 Å². The van der Waals surface area contributed by atoms with Gasteiger partial charge in [-0.25, -0.2) is 14.7 Å². The number of imidazole rings is 1. The van der Waals surface area contributed by atoms with Crippen LogP contribution in [0, 0.1) is 0 Å². The zero-order valence-electron chi connectivity index (χ0n) is 31.8. The highest BCUT2D eigenvalue weighted by molar-refractivity contribution is 6.04. The Kier molecular flexibility index (Phi) is 13.1. The number of benzene rings is 5. The summed E-state index contributed by atoms with van der Waals surface area (Å²) in [7, 11) is 0. The second kappa shape index (κ2) is 19.3. The van der Waals surface area contributed by atoms with Gasteiger partial charge in [-0.3, -0.25) is 9.59 Å². The maximum absolute atomic E-state index is 14.4.